The molecule has 4 nitrogen and oxygen atoms in total. The van der Waals surface area contributed by atoms with Gasteiger partial charge in [0.25, 0.3) is 0 Å². The van der Waals surface area contributed by atoms with Gasteiger partial charge in [0.05, 0.1) is 20.2 Å². The molecule has 0 aliphatic heterocycles. The van der Waals surface area contributed by atoms with Crippen molar-refractivity contribution in [3.05, 3.63) is 32.5 Å². The molecule has 0 amide bonds. The molecule has 2 aromatic heterocycles. The van der Waals surface area contributed by atoms with Gasteiger partial charge in [0.15, 0.2) is 5.82 Å². The van der Waals surface area contributed by atoms with Crippen molar-refractivity contribution in [2.45, 2.75) is 13.3 Å². The number of hydrogen-bond donors (Lipinski definition) is 1. The fraction of sp³-hybridized carbons (Fsp3) is 0.250. The van der Waals surface area contributed by atoms with Gasteiger partial charge in [0, 0.05) is 13.2 Å². The minimum absolute atomic E-state index is 0.430. The van der Waals surface area contributed by atoms with Crippen LogP contribution in [0.15, 0.2) is 16.7 Å². The number of aromatic nitrogens is 3. The summed E-state index contributed by atoms with van der Waals surface area (Å²) in [4.78, 5) is 13.1. The van der Waals surface area contributed by atoms with Crippen molar-refractivity contribution in [1.82, 2.24) is 15.0 Å². The van der Waals surface area contributed by atoms with Crippen LogP contribution in [0.4, 0.5) is 5.82 Å². The van der Waals surface area contributed by atoms with Crippen LogP contribution < -0.4 is 5.32 Å². The van der Waals surface area contributed by atoms with Crippen LogP contribution in [0.25, 0.3) is 11.5 Å². The van der Waals surface area contributed by atoms with E-state index in [1.165, 1.54) is 6.20 Å². The van der Waals surface area contributed by atoms with Crippen LogP contribution >= 0.6 is 39.1 Å². The van der Waals surface area contributed by atoms with Crippen molar-refractivity contribution >= 4 is 44.9 Å². The summed E-state index contributed by atoms with van der Waals surface area (Å²) in [6, 6.07) is 1.63. The third-order valence-electron chi connectivity index (χ3n) is 2.51. The number of anilines is 1. The Balaban J connectivity index is 2.62. The SMILES string of the molecule is CCc1nc(-c2ncc(Cl)cc2Cl)nc(NC)c1Br. The Hall–Kier alpha value is -0.910. The highest BCUT2D eigenvalue weighted by atomic mass is 79.9. The van der Waals surface area contributed by atoms with Crippen LogP contribution in [-0.4, -0.2) is 22.0 Å². The lowest BCUT2D eigenvalue weighted by molar-refractivity contribution is 0.985. The number of halogens is 3. The zero-order valence-corrected chi connectivity index (χ0v) is 13.4. The number of pyridine rings is 1. The van der Waals surface area contributed by atoms with Crippen molar-refractivity contribution < 1.29 is 0 Å². The highest BCUT2D eigenvalue weighted by Gasteiger charge is 2.15. The predicted octanol–water partition coefficient (Wildman–Crippen LogP) is 4.21. The maximum Gasteiger partial charge on any atom is 0.182 e. The van der Waals surface area contributed by atoms with Gasteiger partial charge < -0.3 is 5.32 Å². The van der Waals surface area contributed by atoms with E-state index < -0.39 is 0 Å². The summed E-state index contributed by atoms with van der Waals surface area (Å²) in [6.07, 6.45) is 2.30. The molecule has 100 valence electrons. The number of nitrogens with one attached hydrogen (secondary N) is 1. The molecule has 0 aliphatic carbocycles. The summed E-state index contributed by atoms with van der Waals surface area (Å²) in [5.74, 6) is 1.18. The Bertz CT molecular complexity index is 594. The van der Waals surface area contributed by atoms with E-state index >= 15 is 0 Å². The van der Waals surface area contributed by atoms with Crippen molar-refractivity contribution in [1.29, 1.82) is 0 Å². The smallest absolute Gasteiger partial charge is 0.182 e. The lowest BCUT2D eigenvalue weighted by Gasteiger charge is -2.10. The third-order valence-corrected chi connectivity index (χ3v) is 3.84. The monoisotopic (exact) mass is 360 g/mol. The normalized spacial score (nSPS) is 10.6. The molecule has 0 bridgehead atoms. The van der Waals surface area contributed by atoms with E-state index in [9.17, 15) is 0 Å². The van der Waals surface area contributed by atoms with E-state index in [0.29, 0.717) is 27.4 Å². The summed E-state index contributed by atoms with van der Waals surface area (Å²) in [5, 5.41) is 3.93. The van der Waals surface area contributed by atoms with Crippen LogP contribution in [0, 0.1) is 0 Å². The van der Waals surface area contributed by atoms with Crippen LogP contribution in [0.2, 0.25) is 10.0 Å². The van der Waals surface area contributed by atoms with Crippen molar-refractivity contribution in [2.24, 2.45) is 0 Å². The third kappa shape index (κ3) is 2.99. The van der Waals surface area contributed by atoms with Gasteiger partial charge in [-0.05, 0) is 28.4 Å². The Kier molecular flexibility index (Phi) is 4.60. The summed E-state index contributed by atoms with van der Waals surface area (Å²) in [5.41, 5.74) is 1.41. The summed E-state index contributed by atoms with van der Waals surface area (Å²) in [7, 11) is 1.80. The van der Waals surface area contributed by atoms with E-state index in [-0.39, 0.29) is 0 Å². The molecule has 0 unspecified atom stereocenters. The second-order valence-electron chi connectivity index (χ2n) is 3.74. The molecule has 0 radical (unpaired) electrons. The molecule has 0 atom stereocenters. The Morgan fingerprint density at radius 2 is 2.05 bits per heavy atom. The van der Waals surface area contributed by atoms with E-state index in [2.05, 4.69) is 36.2 Å². The lowest BCUT2D eigenvalue weighted by atomic mass is 10.2. The minimum atomic E-state index is 0.430. The van der Waals surface area contributed by atoms with Gasteiger partial charge in [0.2, 0.25) is 0 Å². The molecule has 7 heteroatoms. The molecule has 2 heterocycles. The average Bonchev–Trinajstić information content (AvgIpc) is 2.39. The van der Waals surface area contributed by atoms with Gasteiger partial charge in [-0.25, -0.2) is 15.0 Å². The molecule has 1 N–H and O–H groups in total. The Morgan fingerprint density at radius 3 is 2.63 bits per heavy atom. The molecular weight excluding hydrogens is 351 g/mol. The van der Waals surface area contributed by atoms with Crippen LogP contribution in [0.3, 0.4) is 0 Å². The largest absolute Gasteiger partial charge is 0.372 e. The topological polar surface area (TPSA) is 50.7 Å². The molecule has 0 fully saturated rings. The summed E-state index contributed by atoms with van der Waals surface area (Å²) >= 11 is 15.5. The first kappa shape index (κ1) is 14.5. The van der Waals surface area contributed by atoms with E-state index in [0.717, 1.165) is 16.6 Å². The summed E-state index contributed by atoms with van der Waals surface area (Å²) in [6.45, 7) is 2.02. The maximum absolute atomic E-state index is 6.14. The number of hydrogen-bond acceptors (Lipinski definition) is 4. The minimum Gasteiger partial charge on any atom is -0.372 e. The molecule has 0 spiro atoms. The quantitative estimate of drug-likeness (QED) is 0.889. The van der Waals surface area contributed by atoms with Crippen molar-refractivity contribution in [3.63, 3.8) is 0 Å². The molecule has 2 rings (SSSR count). The average molecular weight is 362 g/mol. The van der Waals surface area contributed by atoms with Crippen molar-refractivity contribution in [2.75, 3.05) is 12.4 Å². The highest BCUT2D eigenvalue weighted by Crippen LogP contribution is 2.30. The predicted molar refractivity (Wildman–Crippen MR) is 81.9 cm³/mol. The van der Waals surface area contributed by atoms with Crippen molar-refractivity contribution in [3.8, 4) is 11.5 Å². The van der Waals surface area contributed by atoms with Gasteiger partial charge in [0.1, 0.15) is 11.5 Å². The molecule has 0 saturated heterocycles. The first-order valence-corrected chi connectivity index (χ1v) is 7.17. The fourth-order valence-electron chi connectivity index (χ4n) is 1.58. The highest BCUT2D eigenvalue weighted by molar-refractivity contribution is 9.10. The molecule has 2 aromatic rings. The maximum atomic E-state index is 6.14. The molecule has 0 aliphatic rings. The number of nitrogens with zero attached hydrogens (tertiary/aromatic N) is 3. The van der Waals surface area contributed by atoms with Gasteiger partial charge in [-0.3, -0.25) is 0 Å². The van der Waals surface area contributed by atoms with Gasteiger partial charge in [-0.2, -0.15) is 0 Å². The molecule has 0 saturated carbocycles. The standard InChI is InChI=1S/C12H11BrCl2N4/c1-3-8-9(13)11(16-2)19-12(18-8)10-7(15)4-6(14)5-17-10/h4-5H,3H2,1-2H3,(H,16,18,19). The van der Waals surface area contributed by atoms with Crippen LogP contribution in [0.5, 0.6) is 0 Å². The van der Waals surface area contributed by atoms with Crippen LogP contribution in [-0.2, 0) is 6.42 Å². The Labute approximate surface area is 129 Å². The Morgan fingerprint density at radius 1 is 1.32 bits per heavy atom. The van der Waals surface area contributed by atoms with E-state index in [1.807, 2.05) is 6.92 Å². The first-order chi connectivity index (χ1) is 9.06. The second-order valence-corrected chi connectivity index (χ2v) is 5.38. The number of rotatable bonds is 3. The fourth-order valence-corrected chi connectivity index (χ4v) is 2.70. The zero-order chi connectivity index (χ0) is 14.0. The molecule has 19 heavy (non-hydrogen) atoms. The second kappa shape index (κ2) is 6.03. The molecule has 0 aromatic carbocycles. The first-order valence-electron chi connectivity index (χ1n) is 5.62. The van der Waals surface area contributed by atoms with Gasteiger partial charge in [-0.1, -0.05) is 30.1 Å². The zero-order valence-electron chi connectivity index (χ0n) is 10.3. The molecular formula is C12H11BrCl2N4. The van der Waals surface area contributed by atoms with Gasteiger partial charge in [-0.15, -0.1) is 0 Å². The van der Waals surface area contributed by atoms with E-state index in [1.54, 1.807) is 13.1 Å². The summed E-state index contributed by atoms with van der Waals surface area (Å²) < 4.78 is 0.853. The lowest BCUT2D eigenvalue weighted by Crippen LogP contribution is -2.03. The van der Waals surface area contributed by atoms with Gasteiger partial charge >= 0.3 is 0 Å². The van der Waals surface area contributed by atoms with Crippen LogP contribution in [0.1, 0.15) is 12.6 Å². The van der Waals surface area contributed by atoms with E-state index in [4.69, 9.17) is 23.2 Å². The number of aryl methyl sites for hydroxylation is 1.